The predicted molar refractivity (Wildman–Crippen MR) is 116 cm³/mol. The Hall–Kier alpha value is -3.06. The molecule has 0 atom stereocenters. The Morgan fingerprint density at radius 1 is 1.10 bits per heavy atom. The summed E-state index contributed by atoms with van der Waals surface area (Å²) in [6, 6.07) is 10.3. The summed E-state index contributed by atoms with van der Waals surface area (Å²) in [5, 5.41) is 12.4. The number of carbonyl (C=O) groups excluding carboxylic acids is 1. The minimum atomic E-state index is -0.128. The number of benzene rings is 1. The Kier molecular flexibility index (Phi) is 5.15. The van der Waals surface area contributed by atoms with Gasteiger partial charge in [0.2, 0.25) is 11.0 Å². The summed E-state index contributed by atoms with van der Waals surface area (Å²) in [6.07, 6.45) is 2.98. The van der Waals surface area contributed by atoms with E-state index in [9.17, 15) is 4.79 Å². The standard InChI is InChI=1S/C22H23N5OS/c1-5-20-25-26-22(29-20)24-19(28)12-17-21(16-7-6-14(3)15(4)11-16)23-18-10-13(2)8-9-27(17)18/h6-11H,5,12H2,1-4H3,(H,24,26,28). The number of nitrogens with one attached hydrogen (secondary N) is 1. The summed E-state index contributed by atoms with van der Waals surface area (Å²) in [6.45, 7) is 8.24. The Labute approximate surface area is 173 Å². The van der Waals surface area contributed by atoms with Crippen molar-refractivity contribution in [3.63, 3.8) is 0 Å². The molecule has 3 heterocycles. The van der Waals surface area contributed by atoms with Gasteiger partial charge < -0.3 is 9.72 Å². The van der Waals surface area contributed by atoms with Crippen molar-refractivity contribution in [2.45, 2.75) is 40.5 Å². The number of imidazole rings is 1. The van der Waals surface area contributed by atoms with Crippen molar-refractivity contribution in [2.75, 3.05) is 5.32 Å². The molecule has 0 saturated carbocycles. The number of fused-ring (bicyclic) bond motifs is 1. The summed E-state index contributed by atoms with van der Waals surface area (Å²) >= 11 is 1.41. The maximum absolute atomic E-state index is 12.8. The van der Waals surface area contributed by atoms with Gasteiger partial charge >= 0.3 is 0 Å². The highest BCUT2D eigenvalue weighted by Gasteiger charge is 2.18. The number of carbonyl (C=O) groups is 1. The van der Waals surface area contributed by atoms with E-state index in [0.29, 0.717) is 5.13 Å². The summed E-state index contributed by atoms with van der Waals surface area (Å²) in [7, 11) is 0. The van der Waals surface area contributed by atoms with Crippen molar-refractivity contribution in [3.05, 3.63) is 63.9 Å². The lowest BCUT2D eigenvalue weighted by atomic mass is 10.0. The SMILES string of the molecule is CCc1nnc(NC(=O)Cc2c(-c3ccc(C)c(C)c3)nc3cc(C)ccn23)s1. The van der Waals surface area contributed by atoms with E-state index in [2.05, 4.69) is 47.6 Å². The molecule has 148 valence electrons. The Bertz CT molecular complexity index is 1210. The Morgan fingerprint density at radius 3 is 2.66 bits per heavy atom. The smallest absolute Gasteiger partial charge is 0.232 e. The van der Waals surface area contributed by atoms with E-state index in [1.54, 1.807) is 0 Å². The lowest BCUT2D eigenvalue weighted by Crippen LogP contribution is -2.16. The Morgan fingerprint density at radius 2 is 1.93 bits per heavy atom. The van der Waals surface area contributed by atoms with Gasteiger partial charge in [-0.2, -0.15) is 0 Å². The second kappa shape index (κ2) is 7.75. The maximum Gasteiger partial charge on any atom is 0.232 e. The average molecular weight is 406 g/mol. The van der Waals surface area contributed by atoms with E-state index in [4.69, 9.17) is 4.98 Å². The fraction of sp³-hybridized carbons (Fsp3) is 0.273. The first-order valence-electron chi connectivity index (χ1n) is 9.62. The van der Waals surface area contributed by atoms with Gasteiger partial charge in [-0.25, -0.2) is 4.98 Å². The van der Waals surface area contributed by atoms with Crippen molar-refractivity contribution in [3.8, 4) is 11.3 Å². The molecular weight excluding hydrogens is 382 g/mol. The number of nitrogens with zero attached hydrogens (tertiary/aromatic N) is 4. The fourth-order valence-corrected chi connectivity index (χ4v) is 3.94. The zero-order chi connectivity index (χ0) is 20.5. The van der Waals surface area contributed by atoms with Gasteiger partial charge in [-0.3, -0.25) is 4.79 Å². The maximum atomic E-state index is 12.8. The van der Waals surface area contributed by atoms with E-state index in [0.717, 1.165) is 39.6 Å². The van der Waals surface area contributed by atoms with Crippen LogP contribution in [0.5, 0.6) is 0 Å². The van der Waals surface area contributed by atoms with Gasteiger partial charge in [0.1, 0.15) is 10.7 Å². The number of hydrogen-bond acceptors (Lipinski definition) is 5. The molecule has 29 heavy (non-hydrogen) atoms. The number of pyridine rings is 1. The van der Waals surface area contributed by atoms with Crippen LogP contribution in [0.15, 0.2) is 36.5 Å². The molecule has 1 N–H and O–H groups in total. The van der Waals surface area contributed by atoms with Crippen LogP contribution < -0.4 is 5.32 Å². The summed E-state index contributed by atoms with van der Waals surface area (Å²) in [5.74, 6) is -0.128. The van der Waals surface area contributed by atoms with Crippen LogP contribution in [0.4, 0.5) is 5.13 Å². The summed E-state index contributed by atoms with van der Waals surface area (Å²) in [5.41, 5.74) is 7.11. The van der Waals surface area contributed by atoms with Crippen molar-refractivity contribution in [2.24, 2.45) is 0 Å². The fourth-order valence-electron chi connectivity index (χ4n) is 3.25. The lowest BCUT2D eigenvalue weighted by molar-refractivity contribution is -0.115. The molecule has 0 aliphatic rings. The largest absolute Gasteiger partial charge is 0.303 e. The third kappa shape index (κ3) is 3.91. The topological polar surface area (TPSA) is 72.2 Å². The van der Waals surface area contributed by atoms with Crippen LogP contribution in [0.1, 0.15) is 34.3 Å². The molecule has 1 amide bonds. The summed E-state index contributed by atoms with van der Waals surface area (Å²) in [4.78, 5) is 17.6. The average Bonchev–Trinajstić information content (AvgIpc) is 3.28. The third-order valence-corrected chi connectivity index (χ3v) is 5.99. The monoisotopic (exact) mass is 405 g/mol. The second-order valence-electron chi connectivity index (χ2n) is 7.22. The molecule has 6 nitrogen and oxygen atoms in total. The highest BCUT2D eigenvalue weighted by Crippen LogP contribution is 2.27. The second-order valence-corrected chi connectivity index (χ2v) is 8.28. The molecule has 0 aliphatic carbocycles. The molecule has 3 aromatic heterocycles. The Balaban J connectivity index is 1.73. The molecule has 0 saturated heterocycles. The molecular formula is C22H23N5OS. The van der Waals surface area contributed by atoms with E-state index in [1.165, 1.54) is 22.5 Å². The minimum Gasteiger partial charge on any atom is -0.303 e. The van der Waals surface area contributed by atoms with Crippen molar-refractivity contribution in [1.29, 1.82) is 0 Å². The van der Waals surface area contributed by atoms with Gasteiger partial charge in [-0.1, -0.05) is 30.4 Å². The third-order valence-electron chi connectivity index (χ3n) is 5.00. The quantitative estimate of drug-likeness (QED) is 0.530. The van der Waals surface area contributed by atoms with Crippen molar-refractivity contribution >= 4 is 28.0 Å². The first kappa shape index (κ1) is 19.3. The first-order valence-corrected chi connectivity index (χ1v) is 10.4. The van der Waals surface area contributed by atoms with Crippen LogP contribution in [0.3, 0.4) is 0 Å². The zero-order valence-corrected chi connectivity index (χ0v) is 17.8. The molecule has 0 aliphatic heterocycles. The van der Waals surface area contributed by atoms with Crippen LogP contribution in [0, 0.1) is 20.8 Å². The molecule has 7 heteroatoms. The van der Waals surface area contributed by atoms with E-state index in [-0.39, 0.29) is 12.3 Å². The molecule has 4 rings (SSSR count). The van der Waals surface area contributed by atoms with Crippen molar-refractivity contribution < 1.29 is 4.79 Å². The first-order chi connectivity index (χ1) is 13.9. The van der Waals surface area contributed by atoms with E-state index in [1.807, 2.05) is 36.6 Å². The van der Waals surface area contributed by atoms with Crippen molar-refractivity contribution in [1.82, 2.24) is 19.6 Å². The number of aryl methyl sites for hydroxylation is 4. The highest BCUT2D eigenvalue weighted by atomic mass is 32.1. The summed E-state index contributed by atoms with van der Waals surface area (Å²) < 4.78 is 1.99. The zero-order valence-electron chi connectivity index (χ0n) is 17.0. The van der Waals surface area contributed by atoms with Gasteiger partial charge in [0.25, 0.3) is 0 Å². The highest BCUT2D eigenvalue weighted by molar-refractivity contribution is 7.15. The van der Waals surface area contributed by atoms with Gasteiger partial charge in [0.05, 0.1) is 17.8 Å². The van der Waals surface area contributed by atoms with Gasteiger partial charge in [0.15, 0.2) is 0 Å². The number of aromatic nitrogens is 4. The molecule has 0 bridgehead atoms. The van der Waals surface area contributed by atoms with Gasteiger partial charge in [-0.05, 0) is 62.1 Å². The normalized spacial score (nSPS) is 11.2. The van der Waals surface area contributed by atoms with Crippen LogP contribution in [0.2, 0.25) is 0 Å². The predicted octanol–water partition coefficient (Wildman–Crippen LogP) is 4.52. The molecule has 0 spiro atoms. The van der Waals surface area contributed by atoms with Crippen LogP contribution in [-0.2, 0) is 17.6 Å². The lowest BCUT2D eigenvalue weighted by Gasteiger charge is -2.07. The van der Waals surface area contributed by atoms with E-state index < -0.39 is 0 Å². The molecule has 1 aromatic carbocycles. The van der Waals surface area contributed by atoms with Crippen LogP contribution >= 0.6 is 11.3 Å². The molecule has 0 fully saturated rings. The molecule has 0 radical (unpaired) electrons. The number of hydrogen-bond donors (Lipinski definition) is 1. The van der Waals surface area contributed by atoms with Crippen LogP contribution in [-0.4, -0.2) is 25.5 Å². The van der Waals surface area contributed by atoms with E-state index >= 15 is 0 Å². The number of rotatable bonds is 5. The molecule has 0 unspecified atom stereocenters. The van der Waals surface area contributed by atoms with Gasteiger partial charge in [0, 0.05) is 11.8 Å². The number of anilines is 1. The molecule has 4 aromatic rings. The van der Waals surface area contributed by atoms with Gasteiger partial charge in [-0.15, -0.1) is 10.2 Å². The minimum absolute atomic E-state index is 0.128. The number of amides is 1. The van der Waals surface area contributed by atoms with Crippen LogP contribution in [0.25, 0.3) is 16.9 Å².